The summed E-state index contributed by atoms with van der Waals surface area (Å²) in [6, 6.07) is 8.01. The molecule has 0 saturated heterocycles. The van der Waals surface area contributed by atoms with Crippen LogP contribution < -0.4 is 10.1 Å². The summed E-state index contributed by atoms with van der Waals surface area (Å²) in [6.07, 6.45) is -0.196. The van der Waals surface area contributed by atoms with Crippen molar-refractivity contribution in [2.45, 2.75) is 26.4 Å². The number of nitrogens with one attached hydrogen (secondary N) is 1. The van der Waals surface area contributed by atoms with Crippen LogP contribution in [0.5, 0.6) is 11.6 Å². The summed E-state index contributed by atoms with van der Waals surface area (Å²) >= 11 is 0. The van der Waals surface area contributed by atoms with Crippen LogP contribution in [0, 0.1) is 6.08 Å². The Balaban J connectivity index is 2.05. The maximum atomic E-state index is 12.9. The molecule has 116 valence electrons. The van der Waals surface area contributed by atoms with Crippen LogP contribution in [0.4, 0.5) is 14.9 Å². The molecule has 0 aliphatic rings. The zero-order valence-electron chi connectivity index (χ0n) is 12.5. The first-order valence-corrected chi connectivity index (χ1v) is 6.58. The van der Waals surface area contributed by atoms with Gasteiger partial charge >= 0.3 is 12.2 Å². The van der Waals surface area contributed by atoms with Gasteiger partial charge in [0.2, 0.25) is 5.88 Å². The Kier molecular flexibility index (Phi) is 4.55. The van der Waals surface area contributed by atoms with Crippen molar-refractivity contribution in [3.05, 3.63) is 42.6 Å². The number of amides is 1. The van der Waals surface area contributed by atoms with Gasteiger partial charge in [0.15, 0.2) is 0 Å². The Morgan fingerprint density at radius 1 is 1.27 bits per heavy atom. The molecule has 1 heterocycles. The fourth-order valence-electron chi connectivity index (χ4n) is 1.56. The second-order valence-corrected chi connectivity index (χ2v) is 5.42. The van der Waals surface area contributed by atoms with Gasteiger partial charge in [0, 0.05) is 24.0 Å². The number of halogens is 1. The quantitative estimate of drug-likeness (QED) is 0.874. The minimum absolute atomic E-state index is 0.0712. The Hall–Kier alpha value is -2.70. The number of rotatable bonds is 3. The van der Waals surface area contributed by atoms with Crippen molar-refractivity contribution in [3.8, 4) is 11.6 Å². The first kappa shape index (κ1) is 15.7. The molecule has 1 aromatic heterocycles. The maximum absolute atomic E-state index is 12.9. The van der Waals surface area contributed by atoms with Gasteiger partial charge in [-0.25, -0.2) is 9.78 Å². The lowest BCUT2D eigenvalue weighted by atomic mass is 10.2. The number of ether oxygens (including phenoxy) is 2. The monoisotopic (exact) mass is 305 g/mol. The molecule has 1 amide bonds. The van der Waals surface area contributed by atoms with Gasteiger partial charge < -0.3 is 9.47 Å². The van der Waals surface area contributed by atoms with Gasteiger partial charge in [-0.05, 0) is 32.9 Å². The Morgan fingerprint density at radius 3 is 2.73 bits per heavy atom. The molecule has 0 unspecified atom stereocenters. The van der Waals surface area contributed by atoms with Gasteiger partial charge in [-0.3, -0.25) is 5.32 Å². The summed E-state index contributed by atoms with van der Waals surface area (Å²) in [4.78, 5) is 18.5. The third-order valence-corrected chi connectivity index (χ3v) is 2.30. The summed E-state index contributed by atoms with van der Waals surface area (Å²) in [5, 5.41) is 2.59. The van der Waals surface area contributed by atoms with Crippen LogP contribution in [-0.2, 0) is 4.74 Å². The highest BCUT2D eigenvalue weighted by atomic mass is 19.1. The van der Waals surface area contributed by atoms with Gasteiger partial charge in [0.1, 0.15) is 11.4 Å². The first-order valence-electron chi connectivity index (χ1n) is 6.58. The zero-order valence-corrected chi connectivity index (χ0v) is 12.5. The molecule has 0 spiro atoms. The molecule has 0 saturated carbocycles. The summed E-state index contributed by atoms with van der Waals surface area (Å²) in [7, 11) is 0. The Labute approximate surface area is 127 Å². The third kappa shape index (κ3) is 5.01. The normalized spacial score (nSPS) is 10.9. The Bertz CT molecular complexity index is 671. The van der Waals surface area contributed by atoms with E-state index in [9.17, 15) is 9.18 Å². The molecule has 0 atom stereocenters. The highest BCUT2D eigenvalue weighted by Crippen LogP contribution is 2.23. The molecule has 6 nitrogen and oxygen atoms in total. The van der Waals surface area contributed by atoms with E-state index in [0.29, 0.717) is 11.4 Å². The molecule has 0 aliphatic heterocycles. The van der Waals surface area contributed by atoms with Crippen LogP contribution >= 0.6 is 0 Å². The zero-order chi connectivity index (χ0) is 16.2. The van der Waals surface area contributed by atoms with Crippen LogP contribution in [-0.4, -0.2) is 21.7 Å². The third-order valence-electron chi connectivity index (χ3n) is 2.30. The highest BCUT2D eigenvalue weighted by molar-refractivity contribution is 5.85. The number of anilines is 1. The fraction of sp³-hybridized carbons (Fsp3) is 0.267. The van der Waals surface area contributed by atoms with Crippen molar-refractivity contribution in [3.63, 3.8) is 0 Å². The van der Waals surface area contributed by atoms with Gasteiger partial charge in [0.25, 0.3) is 0 Å². The van der Waals surface area contributed by atoms with Crippen LogP contribution in [0.1, 0.15) is 20.8 Å². The molecule has 0 fully saturated rings. The van der Waals surface area contributed by atoms with E-state index in [1.54, 1.807) is 45.0 Å². The summed E-state index contributed by atoms with van der Waals surface area (Å²) < 4.78 is 23.5. The lowest BCUT2D eigenvalue weighted by Gasteiger charge is -2.19. The molecule has 1 N–H and O–H groups in total. The maximum Gasteiger partial charge on any atom is 0.412 e. The second kappa shape index (κ2) is 6.38. The van der Waals surface area contributed by atoms with E-state index in [-0.39, 0.29) is 5.88 Å². The number of hydrogen-bond acceptors (Lipinski definition) is 5. The van der Waals surface area contributed by atoms with E-state index < -0.39 is 17.8 Å². The van der Waals surface area contributed by atoms with Crippen LogP contribution in [0.25, 0.3) is 0 Å². The SMILES string of the molecule is CC(C)(C)OC(=O)Nc1cccc(Oc2ccnc(F)n2)c1. The standard InChI is InChI=1S/C15H16FN3O3/c1-15(2,3)22-14(20)18-10-5-4-6-11(9-10)21-12-7-8-17-13(16)19-12/h4-9H,1-3H3,(H,18,20). The van der Waals surface area contributed by atoms with Gasteiger partial charge in [-0.1, -0.05) is 6.07 Å². The minimum Gasteiger partial charge on any atom is -0.444 e. The predicted octanol–water partition coefficient (Wildman–Crippen LogP) is 3.76. The minimum atomic E-state index is -0.875. The largest absolute Gasteiger partial charge is 0.444 e. The average Bonchev–Trinajstić information content (AvgIpc) is 2.36. The lowest BCUT2D eigenvalue weighted by molar-refractivity contribution is 0.0636. The van der Waals surface area contributed by atoms with E-state index in [1.807, 2.05) is 0 Å². The second-order valence-electron chi connectivity index (χ2n) is 5.42. The van der Waals surface area contributed by atoms with Crippen molar-refractivity contribution >= 4 is 11.8 Å². The van der Waals surface area contributed by atoms with Gasteiger partial charge in [0.05, 0.1) is 0 Å². The van der Waals surface area contributed by atoms with E-state index >= 15 is 0 Å². The summed E-state index contributed by atoms with van der Waals surface area (Å²) in [5.41, 5.74) is -0.0993. The van der Waals surface area contributed by atoms with E-state index in [2.05, 4.69) is 15.3 Å². The molecule has 0 radical (unpaired) electrons. The van der Waals surface area contributed by atoms with Crippen LogP contribution in [0.15, 0.2) is 36.5 Å². The van der Waals surface area contributed by atoms with E-state index in [0.717, 1.165) is 0 Å². The molecule has 0 bridgehead atoms. The topological polar surface area (TPSA) is 73.3 Å². The van der Waals surface area contributed by atoms with Crippen molar-refractivity contribution in [1.29, 1.82) is 0 Å². The van der Waals surface area contributed by atoms with E-state index in [1.165, 1.54) is 12.3 Å². The number of hydrogen-bond donors (Lipinski definition) is 1. The summed E-state index contributed by atoms with van der Waals surface area (Å²) in [5.74, 6) is 0.466. The molecule has 0 aliphatic carbocycles. The number of carbonyl (C=O) groups is 1. The smallest absolute Gasteiger partial charge is 0.412 e. The molecule has 2 aromatic rings. The Morgan fingerprint density at radius 2 is 2.05 bits per heavy atom. The predicted molar refractivity (Wildman–Crippen MR) is 78.4 cm³/mol. The number of aromatic nitrogens is 2. The fourth-order valence-corrected chi connectivity index (χ4v) is 1.56. The average molecular weight is 305 g/mol. The van der Waals surface area contributed by atoms with Crippen molar-refractivity contribution in [2.75, 3.05) is 5.32 Å². The number of carbonyl (C=O) groups excluding carboxylic acids is 1. The first-order chi connectivity index (χ1) is 10.3. The van der Waals surface area contributed by atoms with Crippen molar-refractivity contribution in [2.24, 2.45) is 0 Å². The molecular weight excluding hydrogens is 289 g/mol. The molecular formula is C15H16FN3O3. The van der Waals surface area contributed by atoms with Crippen LogP contribution in [0.3, 0.4) is 0 Å². The highest BCUT2D eigenvalue weighted by Gasteiger charge is 2.16. The number of benzene rings is 1. The van der Waals surface area contributed by atoms with E-state index in [4.69, 9.17) is 9.47 Å². The molecule has 7 heteroatoms. The molecule has 1 aromatic carbocycles. The number of nitrogens with zero attached hydrogens (tertiary/aromatic N) is 2. The van der Waals surface area contributed by atoms with Gasteiger partial charge in [-0.2, -0.15) is 9.37 Å². The summed E-state index contributed by atoms with van der Waals surface area (Å²) in [6.45, 7) is 5.32. The molecule has 2 rings (SSSR count). The van der Waals surface area contributed by atoms with Crippen LogP contribution in [0.2, 0.25) is 0 Å². The van der Waals surface area contributed by atoms with Gasteiger partial charge in [-0.15, -0.1) is 0 Å². The van der Waals surface area contributed by atoms with Crippen molar-refractivity contribution < 1.29 is 18.7 Å². The lowest BCUT2D eigenvalue weighted by Crippen LogP contribution is -2.27. The molecule has 22 heavy (non-hydrogen) atoms. The van der Waals surface area contributed by atoms with Crippen molar-refractivity contribution in [1.82, 2.24) is 9.97 Å².